The molecule has 29 heavy (non-hydrogen) atoms. The molecule has 1 aliphatic rings. The van der Waals surface area contributed by atoms with Gasteiger partial charge in [0.05, 0.1) is 26.2 Å². The number of ether oxygens (including phenoxy) is 3. The van der Waals surface area contributed by atoms with Gasteiger partial charge in [0, 0.05) is 39.5 Å². The van der Waals surface area contributed by atoms with Gasteiger partial charge in [-0.2, -0.15) is 0 Å². The molecule has 0 radical (unpaired) electrons. The summed E-state index contributed by atoms with van der Waals surface area (Å²) >= 11 is 0. The summed E-state index contributed by atoms with van der Waals surface area (Å²) in [5.41, 5.74) is 0.249. The second-order valence-electron chi connectivity index (χ2n) is 6.54. The van der Waals surface area contributed by atoms with Gasteiger partial charge >= 0.3 is 5.97 Å². The zero-order chi connectivity index (χ0) is 21.4. The number of hydrogen-bond acceptors (Lipinski definition) is 7. The van der Waals surface area contributed by atoms with Gasteiger partial charge in [0.25, 0.3) is 0 Å². The molecule has 0 spiro atoms. The van der Waals surface area contributed by atoms with Gasteiger partial charge in [-0.25, -0.2) is 0 Å². The highest BCUT2D eigenvalue weighted by Crippen LogP contribution is 2.24. The number of piperazine rings is 1. The number of nitrogens with zero attached hydrogens (tertiary/aromatic N) is 2. The van der Waals surface area contributed by atoms with Gasteiger partial charge in [0.15, 0.2) is 6.61 Å². The number of hydrogen-bond donors (Lipinski definition) is 0. The van der Waals surface area contributed by atoms with E-state index < -0.39 is 18.4 Å². The van der Waals surface area contributed by atoms with Gasteiger partial charge in [-0.05, 0) is 18.2 Å². The number of Topliss-reactive ketones (excluding diaryl/α,β-unsaturated/α-hetero) is 1. The largest absolute Gasteiger partial charge is 0.497 e. The average Bonchev–Trinajstić information content (AvgIpc) is 2.75. The van der Waals surface area contributed by atoms with E-state index in [-0.39, 0.29) is 30.2 Å². The number of esters is 1. The van der Waals surface area contributed by atoms with Crippen molar-refractivity contribution in [1.82, 2.24) is 9.80 Å². The first-order chi connectivity index (χ1) is 13.8. The van der Waals surface area contributed by atoms with Gasteiger partial charge < -0.3 is 24.0 Å². The molecule has 0 atom stereocenters. The van der Waals surface area contributed by atoms with Crippen molar-refractivity contribution in [3.8, 4) is 11.5 Å². The fourth-order valence-electron chi connectivity index (χ4n) is 2.97. The highest BCUT2D eigenvalue weighted by atomic mass is 16.5. The Morgan fingerprint density at radius 1 is 0.931 bits per heavy atom. The standard InChI is InChI=1S/C20H26N2O7/c1-14(23)21-8-10-22(11-9-21)19(25)6-7-20(26)29-13-17(24)16-12-15(27-2)4-5-18(16)28-3/h4-5,12H,6-11,13H2,1-3H3. The normalized spacial score (nSPS) is 13.6. The van der Waals surface area contributed by atoms with E-state index in [0.717, 1.165) is 0 Å². The Balaban J connectivity index is 1.78. The van der Waals surface area contributed by atoms with Gasteiger partial charge in [-0.3, -0.25) is 19.2 Å². The maximum absolute atomic E-state index is 12.3. The lowest BCUT2D eigenvalue weighted by Gasteiger charge is -2.34. The monoisotopic (exact) mass is 406 g/mol. The molecular formula is C20H26N2O7. The molecule has 2 rings (SSSR count). The molecule has 0 bridgehead atoms. The smallest absolute Gasteiger partial charge is 0.306 e. The van der Waals surface area contributed by atoms with Crippen molar-refractivity contribution in [2.75, 3.05) is 47.0 Å². The van der Waals surface area contributed by atoms with E-state index in [9.17, 15) is 19.2 Å². The predicted molar refractivity (Wildman–Crippen MR) is 103 cm³/mol. The van der Waals surface area contributed by atoms with Crippen LogP contribution in [0.15, 0.2) is 18.2 Å². The Morgan fingerprint density at radius 3 is 2.17 bits per heavy atom. The van der Waals surface area contributed by atoms with Crippen LogP contribution in [-0.4, -0.2) is 80.4 Å². The number of amides is 2. The minimum Gasteiger partial charge on any atom is -0.497 e. The Hall–Kier alpha value is -3.10. The number of methoxy groups -OCH3 is 2. The van der Waals surface area contributed by atoms with Crippen LogP contribution in [0.5, 0.6) is 11.5 Å². The fourth-order valence-corrected chi connectivity index (χ4v) is 2.97. The molecular weight excluding hydrogens is 380 g/mol. The molecule has 1 aromatic carbocycles. The summed E-state index contributed by atoms with van der Waals surface area (Å²) in [7, 11) is 2.92. The van der Waals surface area contributed by atoms with E-state index in [1.807, 2.05) is 0 Å². The number of carbonyl (C=O) groups excluding carboxylic acids is 4. The number of ketones is 1. The minimum absolute atomic E-state index is 0.00439. The van der Waals surface area contributed by atoms with Crippen molar-refractivity contribution < 1.29 is 33.4 Å². The molecule has 158 valence electrons. The van der Waals surface area contributed by atoms with Gasteiger partial charge in [0.1, 0.15) is 11.5 Å². The molecule has 1 saturated heterocycles. The summed E-state index contributed by atoms with van der Waals surface area (Å²) < 4.78 is 15.3. The average molecular weight is 406 g/mol. The highest BCUT2D eigenvalue weighted by Gasteiger charge is 2.23. The van der Waals surface area contributed by atoms with Crippen LogP contribution in [0.25, 0.3) is 0 Å². The molecule has 1 aromatic rings. The molecule has 1 aliphatic heterocycles. The number of rotatable bonds is 8. The summed E-state index contributed by atoms with van der Waals surface area (Å²) in [5, 5.41) is 0. The molecule has 0 unspecified atom stereocenters. The Labute approximate surface area is 169 Å². The van der Waals surface area contributed by atoms with Crippen LogP contribution in [0.2, 0.25) is 0 Å². The van der Waals surface area contributed by atoms with Gasteiger partial charge in [-0.1, -0.05) is 0 Å². The van der Waals surface area contributed by atoms with E-state index in [0.29, 0.717) is 37.7 Å². The van der Waals surface area contributed by atoms with E-state index in [2.05, 4.69) is 0 Å². The summed E-state index contributed by atoms with van der Waals surface area (Å²) in [6.07, 6.45) is -0.121. The molecule has 2 amide bonds. The zero-order valence-electron chi connectivity index (χ0n) is 16.9. The quantitative estimate of drug-likeness (QED) is 0.467. The molecule has 0 N–H and O–H groups in total. The first kappa shape index (κ1) is 22.2. The van der Waals surface area contributed by atoms with E-state index >= 15 is 0 Å². The SMILES string of the molecule is COc1ccc(OC)c(C(=O)COC(=O)CCC(=O)N2CCN(C(C)=O)CC2)c1. The van der Waals surface area contributed by atoms with Crippen molar-refractivity contribution >= 4 is 23.6 Å². The molecule has 1 heterocycles. The molecule has 9 nitrogen and oxygen atoms in total. The third-order valence-electron chi connectivity index (χ3n) is 4.69. The maximum Gasteiger partial charge on any atom is 0.306 e. The lowest BCUT2D eigenvalue weighted by atomic mass is 10.1. The molecule has 1 fully saturated rings. The van der Waals surface area contributed by atoms with Crippen molar-refractivity contribution in [3.63, 3.8) is 0 Å². The van der Waals surface area contributed by atoms with Crippen LogP contribution >= 0.6 is 0 Å². The van der Waals surface area contributed by atoms with Crippen molar-refractivity contribution in [3.05, 3.63) is 23.8 Å². The lowest BCUT2D eigenvalue weighted by Crippen LogP contribution is -2.50. The third-order valence-corrected chi connectivity index (χ3v) is 4.69. The second kappa shape index (κ2) is 10.4. The number of benzene rings is 1. The second-order valence-corrected chi connectivity index (χ2v) is 6.54. The zero-order valence-corrected chi connectivity index (χ0v) is 16.9. The topological polar surface area (TPSA) is 102 Å². The van der Waals surface area contributed by atoms with E-state index in [1.54, 1.807) is 21.9 Å². The van der Waals surface area contributed by atoms with Crippen LogP contribution < -0.4 is 9.47 Å². The maximum atomic E-state index is 12.3. The van der Waals surface area contributed by atoms with Crippen LogP contribution in [0, 0.1) is 0 Å². The minimum atomic E-state index is -0.629. The molecule has 0 saturated carbocycles. The number of carbonyl (C=O) groups is 4. The van der Waals surface area contributed by atoms with Crippen LogP contribution in [0.1, 0.15) is 30.1 Å². The van der Waals surface area contributed by atoms with Crippen molar-refractivity contribution in [2.24, 2.45) is 0 Å². The summed E-state index contributed by atoms with van der Waals surface area (Å²) in [4.78, 5) is 51.1. The van der Waals surface area contributed by atoms with E-state index in [1.165, 1.54) is 27.2 Å². The highest BCUT2D eigenvalue weighted by molar-refractivity contribution is 6.00. The predicted octanol–water partition coefficient (Wildman–Crippen LogP) is 0.901. The Morgan fingerprint density at radius 2 is 1.59 bits per heavy atom. The third kappa shape index (κ3) is 6.20. The Bertz CT molecular complexity index is 770. The summed E-state index contributed by atoms with van der Waals surface area (Å²) in [5.74, 6) is -0.414. The summed E-state index contributed by atoms with van der Waals surface area (Å²) in [6.45, 7) is 2.91. The van der Waals surface area contributed by atoms with E-state index in [4.69, 9.17) is 14.2 Å². The first-order valence-corrected chi connectivity index (χ1v) is 9.29. The Kier molecular flexibility index (Phi) is 7.99. The van der Waals surface area contributed by atoms with Crippen molar-refractivity contribution in [2.45, 2.75) is 19.8 Å². The lowest BCUT2D eigenvalue weighted by molar-refractivity contribution is -0.145. The van der Waals surface area contributed by atoms with Crippen LogP contribution in [0.4, 0.5) is 0 Å². The molecule has 9 heteroatoms. The van der Waals surface area contributed by atoms with Crippen LogP contribution in [0.3, 0.4) is 0 Å². The fraction of sp³-hybridized carbons (Fsp3) is 0.500. The van der Waals surface area contributed by atoms with Gasteiger partial charge in [-0.15, -0.1) is 0 Å². The molecule has 0 aliphatic carbocycles. The first-order valence-electron chi connectivity index (χ1n) is 9.29. The van der Waals surface area contributed by atoms with Crippen LogP contribution in [-0.2, 0) is 19.1 Å². The van der Waals surface area contributed by atoms with Gasteiger partial charge in [0.2, 0.25) is 17.6 Å². The van der Waals surface area contributed by atoms with Crippen molar-refractivity contribution in [1.29, 1.82) is 0 Å². The molecule has 0 aromatic heterocycles. The summed E-state index contributed by atoms with van der Waals surface area (Å²) in [6, 6.07) is 4.76.